The summed E-state index contributed by atoms with van der Waals surface area (Å²) in [5.41, 5.74) is 1.95. The molecule has 0 spiro atoms. The minimum atomic E-state index is -0.579. The predicted molar refractivity (Wildman–Crippen MR) is 101 cm³/mol. The Kier molecular flexibility index (Phi) is 4.34. The number of benzene rings is 2. The number of H-pyrrole nitrogens is 1. The Labute approximate surface area is 163 Å². The summed E-state index contributed by atoms with van der Waals surface area (Å²) >= 11 is 5.78. The molecule has 28 heavy (non-hydrogen) atoms. The van der Waals surface area contributed by atoms with E-state index in [1.165, 1.54) is 18.3 Å². The van der Waals surface area contributed by atoms with E-state index < -0.39 is 17.8 Å². The molecule has 4 rings (SSSR count). The standard InChI is InChI=1S/C20H12ClFN4O2/c21-15-5-4-14-13(9-24-18(14)17(15)22)7-16-19(27)26(20(28)25-16)10-12-3-1-2-11(6-12)8-23/h1-7,9,24H,10H2,(H,25,28). The van der Waals surface area contributed by atoms with Crippen LogP contribution in [0.2, 0.25) is 5.02 Å². The van der Waals surface area contributed by atoms with Crippen molar-refractivity contribution in [3.63, 3.8) is 0 Å². The highest BCUT2D eigenvalue weighted by Crippen LogP contribution is 2.28. The number of aromatic nitrogens is 1. The van der Waals surface area contributed by atoms with Gasteiger partial charge in [-0.25, -0.2) is 9.18 Å². The van der Waals surface area contributed by atoms with Crippen LogP contribution in [0.5, 0.6) is 0 Å². The minimum absolute atomic E-state index is 0.00965. The molecule has 1 aromatic heterocycles. The van der Waals surface area contributed by atoms with E-state index in [2.05, 4.69) is 10.3 Å². The van der Waals surface area contributed by atoms with Crippen LogP contribution in [0.3, 0.4) is 0 Å². The van der Waals surface area contributed by atoms with Gasteiger partial charge in [0.25, 0.3) is 5.91 Å². The van der Waals surface area contributed by atoms with E-state index in [4.69, 9.17) is 16.9 Å². The summed E-state index contributed by atoms with van der Waals surface area (Å²) in [4.78, 5) is 28.7. The highest BCUT2D eigenvalue weighted by Gasteiger charge is 2.33. The second-order valence-corrected chi connectivity index (χ2v) is 6.63. The van der Waals surface area contributed by atoms with Crippen LogP contribution in [0.4, 0.5) is 9.18 Å². The second kappa shape index (κ2) is 6.83. The number of imide groups is 1. The fourth-order valence-corrected chi connectivity index (χ4v) is 3.23. The Hall–Kier alpha value is -3.63. The molecule has 0 aliphatic carbocycles. The molecule has 6 nitrogen and oxygen atoms in total. The number of carbonyl (C=O) groups is 2. The van der Waals surface area contributed by atoms with Gasteiger partial charge in [0.1, 0.15) is 5.70 Å². The van der Waals surface area contributed by atoms with Gasteiger partial charge in [0, 0.05) is 17.1 Å². The van der Waals surface area contributed by atoms with Crippen LogP contribution in [0.25, 0.3) is 17.0 Å². The molecule has 1 saturated heterocycles. The molecule has 0 atom stereocenters. The van der Waals surface area contributed by atoms with Gasteiger partial charge in [-0.2, -0.15) is 5.26 Å². The monoisotopic (exact) mass is 394 g/mol. The number of nitrogens with zero attached hydrogens (tertiary/aromatic N) is 2. The van der Waals surface area contributed by atoms with Crippen molar-refractivity contribution in [2.24, 2.45) is 0 Å². The number of nitriles is 1. The average molecular weight is 395 g/mol. The maximum absolute atomic E-state index is 14.1. The van der Waals surface area contributed by atoms with Crippen LogP contribution >= 0.6 is 11.6 Å². The zero-order chi connectivity index (χ0) is 19.8. The molecule has 138 valence electrons. The number of carbonyl (C=O) groups excluding carboxylic acids is 2. The number of urea groups is 1. The normalized spacial score (nSPS) is 15.3. The number of halogens is 2. The SMILES string of the molecule is N#Cc1cccc(CN2C(=O)NC(=Cc3c[nH]c4c(F)c(Cl)ccc34)C2=O)c1. The van der Waals surface area contributed by atoms with Gasteiger partial charge in [-0.05, 0) is 29.8 Å². The molecule has 1 aliphatic heterocycles. The lowest BCUT2D eigenvalue weighted by molar-refractivity contribution is -0.123. The van der Waals surface area contributed by atoms with Crippen molar-refractivity contribution < 1.29 is 14.0 Å². The summed E-state index contributed by atoms with van der Waals surface area (Å²) in [6.07, 6.45) is 3.02. The number of aromatic amines is 1. The summed E-state index contributed by atoms with van der Waals surface area (Å²) < 4.78 is 14.1. The molecule has 3 aromatic rings. The van der Waals surface area contributed by atoms with Gasteiger partial charge in [0.15, 0.2) is 5.82 Å². The van der Waals surface area contributed by atoms with Crippen molar-refractivity contribution in [1.82, 2.24) is 15.2 Å². The lowest BCUT2D eigenvalue weighted by Gasteiger charge is -2.11. The number of hydrogen-bond donors (Lipinski definition) is 2. The van der Waals surface area contributed by atoms with Crippen LogP contribution in [0.15, 0.2) is 48.3 Å². The maximum Gasteiger partial charge on any atom is 0.329 e. The van der Waals surface area contributed by atoms with E-state index in [0.717, 1.165) is 4.90 Å². The molecule has 2 N–H and O–H groups in total. The van der Waals surface area contributed by atoms with E-state index >= 15 is 0 Å². The molecule has 1 aliphatic rings. The first-order chi connectivity index (χ1) is 13.5. The first kappa shape index (κ1) is 17.8. The molecule has 1 fully saturated rings. The quantitative estimate of drug-likeness (QED) is 0.521. The molecule has 2 aromatic carbocycles. The Morgan fingerprint density at radius 3 is 2.86 bits per heavy atom. The van der Waals surface area contributed by atoms with Gasteiger partial charge in [-0.15, -0.1) is 0 Å². The topological polar surface area (TPSA) is 89.0 Å². The highest BCUT2D eigenvalue weighted by atomic mass is 35.5. The fraction of sp³-hybridized carbons (Fsp3) is 0.0500. The zero-order valence-electron chi connectivity index (χ0n) is 14.3. The lowest BCUT2D eigenvalue weighted by Crippen LogP contribution is -2.30. The third-order valence-electron chi connectivity index (χ3n) is 4.44. The smallest absolute Gasteiger partial charge is 0.329 e. The Balaban J connectivity index is 1.64. The molecule has 0 unspecified atom stereocenters. The van der Waals surface area contributed by atoms with Crippen molar-refractivity contribution in [1.29, 1.82) is 5.26 Å². The van der Waals surface area contributed by atoms with E-state index in [9.17, 15) is 14.0 Å². The summed E-state index contributed by atoms with van der Waals surface area (Å²) in [6, 6.07) is 11.2. The Morgan fingerprint density at radius 2 is 2.07 bits per heavy atom. The van der Waals surface area contributed by atoms with Gasteiger partial charge in [0.05, 0.1) is 28.7 Å². The van der Waals surface area contributed by atoms with E-state index in [0.29, 0.717) is 22.1 Å². The first-order valence-corrected chi connectivity index (χ1v) is 8.64. The van der Waals surface area contributed by atoms with Crippen molar-refractivity contribution >= 4 is 40.5 Å². The van der Waals surface area contributed by atoms with E-state index in [1.54, 1.807) is 30.3 Å². The second-order valence-electron chi connectivity index (χ2n) is 6.22. The zero-order valence-corrected chi connectivity index (χ0v) is 15.0. The largest absolute Gasteiger partial charge is 0.358 e. The van der Waals surface area contributed by atoms with Crippen molar-refractivity contribution in [2.75, 3.05) is 0 Å². The summed E-state index contributed by atoms with van der Waals surface area (Å²) in [6.45, 7) is 0.0373. The number of hydrogen-bond acceptors (Lipinski definition) is 3. The number of amides is 3. The maximum atomic E-state index is 14.1. The molecule has 0 saturated carbocycles. The van der Waals surface area contributed by atoms with Gasteiger partial charge in [-0.3, -0.25) is 9.69 Å². The van der Waals surface area contributed by atoms with Crippen LogP contribution in [0, 0.1) is 17.1 Å². The number of fused-ring (bicyclic) bond motifs is 1. The molecule has 3 amide bonds. The van der Waals surface area contributed by atoms with Crippen molar-refractivity contribution in [2.45, 2.75) is 6.54 Å². The molecule has 0 radical (unpaired) electrons. The van der Waals surface area contributed by atoms with Crippen LogP contribution in [-0.4, -0.2) is 21.8 Å². The summed E-state index contributed by atoms with van der Waals surface area (Å²) in [5, 5.41) is 12.0. The molecular weight excluding hydrogens is 383 g/mol. The first-order valence-electron chi connectivity index (χ1n) is 8.26. The Bertz CT molecular complexity index is 1210. The van der Waals surface area contributed by atoms with Gasteiger partial charge in [-0.1, -0.05) is 29.8 Å². The molecule has 2 heterocycles. The van der Waals surface area contributed by atoms with Crippen molar-refractivity contribution in [3.05, 3.63) is 75.8 Å². The Morgan fingerprint density at radius 1 is 1.25 bits per heavy atom. The molecular formula is C20H12ClFN4O2. The van der Waals surface area contributed by atoms with E-state index in [1.807, 2.05) is 6.07 Å². The fourth-order valence-electron chi connectivity index (χ4n) is 3.07. The van der Waals surface area contributed by atoms with E-state index in [-0.39, 0.29) is 22.8 Å². The predicted octanol–water partition coefficient (Wildman–Crippen LogP) is 3.92. The number of nitrogens with one attached hydrogen (secondary N) is 2. The van der Waals surface area contributed by atoms with Gasteiger partial charge >= 0.3 is 6.03 Å². The third kappa shape index (κ3) is 3.00. The molecule has 0 bridgehead atoms. The van der Waals surface area contributed by atoms with Gasteiger partial charge in [0.2, 0.25) is 0 Å². The summed E-state index contributed by atoms with van der Waals surface area (Å²) in [7, 11) is 0. The minimum Gasteiger partial charge on any atom is -0.358 e. The van der Waals surface area contributed by atoms with Crippen LogP contribution in [0.1, 0.15) is 16.7 Å². The average Bonchev–Trinajstić information content (AvgIpc) is 3.22. The van der Waals surface area contributed by atoms with Crippen LogP contribution < -0.4 is 5.32 Å². The summed E-state index contributed by atoms with van der Waals surface area (Å²) in [5.74, 6) is -1.08. The lowest BCUT2D eigenvalue weighted by atomic mass is 10.1. The highest BCUT2D eigenvalue weighted by molar-refractivity contribution is 6.31. The third-order valence-corrected chi connectivity index (χ3v) is 4.73. The van der Waals surface area contributed by atoms with Crippen LogP contribution in [-0.2, 0) is 11.3 Å². The van der Waals surface area contributed by atoms with Gasteiger partial charge < -0.3 is 10.3 Å². The number of rotatable bonds is 3. The molecule has 8 heteroatoms. The van der Waals surface area contributed by atoms with Crippen molar-refractivity contribution in [3.8, 4) is 6.07 Å².